The molecule has 0 unspecified atom stereocenters. The van der Waals surface area contributed by atoms with E-state index in [0.717, 1.165) is 58.7 Å². The molecule has 6 rings (SSSR count). The molecule has 2 heterocycles. The Bertz CT molecular complexity index is 3140. The van der Waals surface area contributed by atoms with Gasteiger partial charge in [0.15, 0.2) is 46.3 Å². The van der Waals surface area contributed by atoms with E-state index in [1.54, 1.807) is 13.8 Å². The van der Waals surface area contributed by atoms with E-state index in [-0.39, 0.29) is 47.9 Å². The van der Waals surface area contributed by atoms with E-state index < -0.39 is 144 Å². The first kappa shape index (κ1) is 64.4. The normalized spacial score (nSPS) is 12.9. The quantitative estimate of drug-likeness (QED) is 0.0482. The van der Waals surface area contributed by atoms with E-state index in [1.807, 2.05) is 48.5 Å². The molecule has 6 aromatic rings. The number of Topliss-reactive ketones (excluding diaryl/α,β-unsaturated/α-hetero) is 4. The van der Waals surface area contributed by atoms with Gasteiger partial charge < -0.3 is 19.7 Å². The first-order valence-corrected chi connectivity index (χ1v) is 26.6. The maximum atomic E-state index is 13.9. The van der Waals surface area contributed by atoms with Gasteiger partial charge in [-0.05, 0) is 82.3 Å². The number of hydrogen-bond donors (Lipinski definition) is 2. The van der Waals surface area contributed by atoms with Crippen LogP contribution in [0.4, 0.5) is 17.6 Å². The number of carboxylic acid groups (broad SMARTS) is 2. The van der Waals surface area contributed by atoms with Crippen molar-refractivity contribution in [1.29, 1.82) is 0 Å². The second kappa shape index (κ2) is 28.8. The molecule has 436 valence electrons. The fourth-order valence-corrected chi connectivity index (χ4v) is 9.59. The van der Waals surface area contributed by atoms with Gasteiger partial charge in [-0.2, -0.15) is 10.2 Å². The Morgan fingerprint density at radius 2 is 0.817 bits per heavy atom. The summed E-state index contributed by atoms with van der Waals surface area (Å²) in [4.78, 5) is 102. The SMILES string of the molecule is CC[C@@H](C(=O)C[C@@H](CC(=O)O)C(=O)COc1c(F)cccc1F)c1ccnn(Cc2ccccc2C(C)(C)C)c1=O.CC[C@H](C(=O)C[C@@H](CC(=O)O)C(=O)COc1c(F)cccc1F)c1ccnn(Cc2ccccc2C(C)(C)C)c1=O. The maximum absolute atomic E-state index is 13.9. The maximum Gasteiger partial charge on any atom is 0.304 e. The van der Waals surface area contributed by atoms with E-state index >= 15 is 0 Å². The zero-order valence-electron chi connectivity index (χ0n) is 47.1. The average molecular weight is 1140 g/mol. The molecule has 82 heavy (non-hydrogen) atoms. The number of aromatic nitrogens is 4. The van der Waals surface area contributed by atoms with E-state index in [9.17, 15) is 66.1 Å². The Kier molecular flexibility index (Phi) is 22.6. The van der Waals surface area contributed by atoms with Crippen molar-refractivity contribution in [3.8, 4) is 11.5 Å². The van der Waals surface area contributed by atoms with Gasteiger partial charge in [-0.1, -0.05) is 116 Å². The van der Waals surface area contributed by atoms with Crippen molar-refractivity contribution in [2.45, 2.75) is 130 Å². The molecule has 0 aliphatic rings. The second-order valence-electron chi connectivity index (χ2n) is 21.8. The fourth-order valence-electron chi connectivity index (χ4n) is 9.59. The van der Waals surface area contributed by atoms with E-state index in [4.69, 9.17) is 9.47 Å². The predicted octanol–water partition coefficient (Wildman–Crippen LogP) is 10.1. The molecule has 0 bridgehead atoms. The number of hydrogen-bond acceptors (Lipinski definition) is 12. The number of nitrogens with zero attached hydrogens (tertiary/aromatic N) is 4. The average Bonchev–Trinajstić information content (AvgIpc) is 3.61. The number of benzene rings is 4. The molecule has 0 aliphatic heterocycles. The van der Waals surface area contributed by atoms with Gasteiger partial charge in [0.05, 0.1) is 25.9 Å². The number of halogens is 4. The van der Waals surface area contributed by atoms with Gasteiger partial charge in [-0.15, -0.1) is 0 Å². The summed E-state index contributed by atoms with van der Waals surface area (Å²) in [5.74, 6) is -15.3. The third kappa shape index (κ3) is 17.3. The van der Waals surface area contributed by atoms with Crippen LogP contribution in [0.25, 0.3) is 0 Å². The van der Waals surface area contributed by atoms with Gasteiger partial charge in [-0.3, -0.25) is 38.4 Å². The first-order valence-electron chi connectivity index (χ1n) is 26.6. The molecule has 16 nitrogen and oxygen atoms in total. The van der Waals surface area contributed by atoms with Crippen LogP contribution in [0.1, 0.15) is 139 Å². The molecule has 0 fully saturated rings. The number of para-hydroxylation sites is 2. The summed E-state index contributed by atoms with van der Waals surface area (Å²) in [6.45, 7) is 14.5. The van der Waals surface area contributed by atoms with Crippen LogP contribution in [0.15, 0.2) is 119 Å². The summed E-state index contributed by atoms with van der Waals surface area (Å²) in [6.07, 6.45) is 0.973. The second-order valence-corrected chi connectivity index (χ2v) is 21.8. The summed E-state index contributed by atoms with van der Waals surface area (Å²) in [5, 5.41) is 27.1. The molecule has 0 spiro atoms. The lowest BCUT2D eigenvalue weighted by Crippen LogP contribution is -2.32. The standard InChI is InChI=1S/2C31H34F2N2O6/c2*1-5-21(22-13-14-34-35(30(22)40)17-19-9-6-7-10-23(19)31(2,3)4)26(36)15-20(16-28(38)39)27(37)18-41-29-24(32)11-8-12-25(29)33/h2*6-14,20-21H,5,15-18H2,1-4H3,(H,38,39)/t20-,21+;20-,21-/m00/s1. The smallest absolute Gasteiger partial charge is 0.304 e. The number of rotatable bonds is 26. The topological polar surface area (TPSA) is 231 Å². The van der Waals surface area contributed by atoms with Crippen molar-refractivity contribution in [3.05, 3.63) is 187 Å². The largest absolute Gasteiger partial charge is 0.481 e. The molecule has 0 radical (unpaired) electrons. The Morgan fingerprint density at radius 3 is 1.12 bits per heavy atom. The van der Waals surface area contributed by atoms with Crippen LogP contribution in [0.5, 0.6) is 11.5 Å². The predicted molar refractivity (Wildman–Crippen MR) is 296 cm³/mol. The van der Waals surface area contributed by atoms with Crippen LogP contribution in [0, 0.1) is 35.1 Å². The Morgan fingerprint density at radius 1 is 0.488 bits per heavy atom. The van der Waals surface area contributed by atoms with Crippen molar-refractivity contribution in [2.75, 3.05) is 13.2 Å². The highest BCUT2D eigenvalue weighted by atomic mass is 19.1. The number of carboxylic acids is 2. The van der Waals surface area contributed by atoms with Crippen molar-refractivity contribution in [3.63, 3.8) is 0 Å². The molecule has 0 saturated heterocycles. The van der Waals surface area contributed by atoms with Gasteiger partial charge >= 0.3 is 11.9 Å². The summed E-state index contributed by atoms with van der Waals surface area (Å²) in [7, 11) is 0. The van der Waals surface area contributed by atoms with Crippen LogP contribution in [0.2, 0.25) is 0 Å². The Hall–Kier alpha value is -8.42. The highest BCUT2D eigenvalue weighted by molar-refractivity contribution is 5.94. The molecular weight excluding hydrogens is 1070 g/mol. The summed E-state index contributed by atoms with van der Waals surface area (Å²) in [5.41, 5.74) is 3.02. The lowest BCUT2D eigenvalue weighted by Gasteiger charge is -2.23. The number of ether oxygens (including phenoxy) is 2. The minimum atomic E-state index is -1.33. The first-order chi connectivity index (χ1) is 38.7. The third-order valence-electron chi connectivity index (χ3n) is 13.7. The number of carbonyl (C=O) groups is 6. The van der Waals surface area contributed by atoms with Crippen LogP contribution in [-0.4, -0.2) is 78.1 Å². The summed E-state index contributed by atoms with van der Waals surface area (Å²) < 4.78 is 68.1. The van der Waals surface area contributed by atoms with Gasteiger partial charge in [0.2, 0.25) is 0 Å². The Balaban J connectivity index is 0.000000301. The minimum absolute atomic E-state index is 0.173. The highest BCUT2D eigenvalue weighted by Gasteiger charge is 2.33. The van der Waals surface area contributed by atoms with E-state index in [1.165, 1.54) is 33.9 Å². The van der Waals surface area contributed by atoms with Gasteiger partial charge in [-0.25, -0.2) is 26.9 Å². The Labute approximate surface area is 472 Å². The van der Waals surface area contributed by atoms with Crippen LogP contribution in [0.3, 0.4) is 0 Å². The summed E-state index contributed by atoms with van der Waals surface area (Å²) >= 11 is 0. The lowest BCUT2D eigenvalue weighted by molar-refractivity contribution is -0.142. The molecule has 2 aromatic heterocycles. The zero-order chi connectivity index (χ0) is 60.6. The molecular formula is C62H68F4N4O12. The van der Waals surface area contributed by atoms with Crippen LogP contribution < -0.4 is 20.6 Å². The van der Waals surface area contributed by atoms with Gasteiger partial charge in [0.25, 0.3) is 11.1 Å². The lowest BCUT2D eigenvalue weighted by atomic mass is 9.83. The molecule has 20 heteroatoms. The molecule has 0 aliphatic carbocycles. The van der Waals surface area contributed by atoms with Gasteiger partial charge in [0, 0.05) is 60.0 Å². The number of ketones is 4. The zero-order valence-corrected chi connectivity index (χ0v) is 47.1. The number of aliphatic carboxylic acids is 2. The van der Waals surface area contributed by atoms with E-state index in [2.05, 4.69) is 51.7 Å². The summed E-state index contributed by atoms with van der Waals surface area (Å²) in [6, 6.07) is 24.4. The van der Waals surface area contributed by atoms with Crippen LogP contribution in [-0.2, 0) is 52.7 Å². The number of carbonyl (C=O) groups excluding carboxylic acids is 4. The van der Waals surface area contributed by atoms with Crippen molar-refractivity contribution >= 4 is 35.1 Å². The highest BCUT2D eigenvalue weighted by Crippen LogP contribution is 2.30. The molecule has 4 aromatic carbocycles. The van der Waals surface area contributed by atoms with E-state index in [0.29, 0.717) is 0 Å². The molecule has 2 N–H and O–H groups in total. The molecule has 4 atom stereocenters. The van der Waals surface area contributed by atoms with Crippen molar-refractivity contribution < 1.29 is 66.0 Å². The minimum Gasteiger partial charge on any atom is -0.481 e. The molecule has 0 saturated carbocycles. The monoisotopic (exact) mass is 1140 g/mol. The van der Waals surface area contributed by atoms with Crippen molar-refractivity contribution in [2.24, 2.45) is 11.8 Å². The van der Waals surface area contributed by atoms with Crippen molar-refractivity contribution in [1.82, 2.24) is 19.6 Å². The molecule has 0 amide bonds. The van der Waals surface area contributed by atoms with Crippen LogP contribution >= 0.6 is 0 Å². The van der Waals surface area contributed by atoms with Gasteiger partial charge in [0.1, 0.15) is 24.8 Å². The third-order valence-corrected chi connectivity index (χ3v) is 13.7. The fraction of sp³-hybridized carbons (Fsp3) is 0.387.